The van der Waals surface area contributed by atoms with Gasteiger partial charge in [0, 0.05) is 7.05 Å². The first-order chi connectivity index (χ1) is 11.8. The van der Waals surface area contributed by atoms with Crippen molar-refractivity contribution in [1.82, 2.24) is 5.32 Å². The normalized spacial score (nSPS) is 10.8. The van der Waals surface area contributed by atoms with Crippen molar-refractivity contribution in [1.29, 1.82) is 0 Å². The molecule has 2 aromatic carbocycles. The second-order valence-electron chi connectivity index (χ2n) is 5.20. The summed E-state index contributed by atoms with van der Waals surface area (Å²) in [6.07, 6.45) is 0. The molecule has 0 saturated heterocycles. The molecular formula is C17H18N2O5S. The van der Waals surface area contributed by atoms with Crippen molar-refractivity contribution in [3.8, 4) is 0 Å². The molecule has 0 aromatic heterocycles. The lowest BCUT2D eigenvalue weighted by atomic mass is 10.1. The molecule has 8 heteroatoms. The second kappa shape index (κ2) is 7.35. The standard InChI is InChI=1S/C17H18N2O5S/c1-11-8-9-12(17(21)24-3)10-15(11)25(22,23)19-14-7-5-4-6-13(14)16(20)18-2/h4-10,19H,1-3H3,(H,18,20). The second-order valence-corrected chi connectivity index (χ2v) is 6.85. The molecule has 7 nitrogen and oxygen atoms in total. The minimum absolute atomic E-state index is 0.0675. The van der Waals surface area contributed by atoms with Crippen LogP contribution >= 0.6 is 0 Å². The number of esters is 1. The summed E-state index contributed by atoms with van der Waals surface area (Å²) in [5, 5.41) is 2.46. The van der Waals surface area contributed by atoms with Crippen LogP contribution in [0.25, 0.3) is 0 Å². The number of carbonyl (C=O) groups excluding carboxylic acids is 2. The summed E-state index contributed by atoms with van der Waals surface area (Å²) < 4.78 is 32.5. The van der Waals surface area contributed by atoms with Crippen LogP contribution in [0, 0.1) is 6.92 Å². The average Bonchev–Trinajstić information content (AvgIpc) is 2.60. The van der Waals surface area contributed by atoms with E-state index < -0.39 is 21.9 Å². The minimum Gasteiger partial charge on any atom is -0.465 e. The Morgan fingerprint density at radius 1 is 1.08 bits per heavy atom. The minimum atomic E-state index is -4.01. The molecule has 0 fully saturated rings. The van der Waals surface area contributed by atoms with Crippen LogP contribution in [0.5, 0.6) is 0 Å². The number of para-hydroxylation sites is 1. The van der Waals surface area contributed by atoms with Gasteiger partial charge in [-0.15, -0.1) is 0 Å². The van der Waals surface area contributed by atoms with Crippen molar-refractivity contribution in [3.05, 3.63) is 59.2 Å². The summed E-state index contributed by atoms with van der Waals surface area (Å²) in [7, 11) is -1.34. The molecule has 0 aliphatic rings. The smallest absolute Gasteiger partial charge is 0.337 e. The van der Waals surface area contributed by atoms with E-state index in [1.807, 2.05) is 0 Å². The van der Waals surface area contributed by atoms with Crippen molar-refractivity contribution >= 4 is 27.6 Å². The topological polar surface area (TPSA) is 102 Å². The lowest BCUT2D eigenvalue weighted by Crippen LogP contribution is -2.22. The largest absolute Gasteiger partial charge is 0.465 e. The van der Waals surface area contributed by atoms with Gasteiger partial charge in [0.05, 0.1) is 28.8 Å². The highest BCUT2D eigenvalue weighted by Crippen LogP contribution is 2.23. The van der Waals surface area contributed by atoms with Crippen LogP contribution in [-0.4, -0.2) is 34.5 Å². The van der Waals surface area contributed by atoms with Gasteiger partial charge in [-0.05, 0) is 36.8 Å². The van der Waals surface area contributed by atoms with Gasteiger partial charge in [0.2, 0.25) is 0 Å². The van der Waals surface area contributed by atoms with E-state index in [-0.39, 0.29) is 21.7 Å². The number of benzene rings is 2. The Kier molecular flexibility index (Phi) is 5.43. The Hall–Kier alpha value is -2.87. The van der Waals surface area contributed by atoms with E-state index in [9.17, 15) is 18.0 Å². The number of carbonyl (C=O) groups is 2. The highest BCUT2D eigenvalue weighted by molar-refractivity contribution is 7.92. The molecule has 0 atom stereocenters. The maximum Gasteiger partial charge on any atom is 0.337 e. The summed E-state index contributed by atoms with van der Waals surface area (Å²) in [6.45, 7) is 1.61. The van der Waals surface area contributed by atoms with E-state index in [2.05, 4.69) is 14.8 Å². The van der Waals surface area contributed by atoms with Gasteiger partial charge < -0.3 is 10.1 Å². The maximum atomic E-state index is 12.8. The van der Waals surface area contributed by atoms with Crippen LogP contribution in [-0.2, 0) is 14.8 Å². The number of amides is 1. The molecule has 2 N–H and O–H groups in total. The van der Waals surface area contributed by atoms with Crippen LogP contribution in [0.4, 0.5) is 5.69 Å². The zero-order chi connectivity index (χ0) is 18.6. The first-order valence-electron chi connectivity index (χ1n) is 7.33. The molecule has 1 amide bonds. The van der Waals surface area contributed by atoms with Crippen LogP contribution in [0.15, 0.2) is 47.4 Å². The van der Waals surface area contributed by atoms with Gasteiger partial charge in [-0.3, -0.25) is 9.52 Å². The van der Waals surface area contributed by atoms with Gasteiger partial charge in [-0.2, -0.15) is 0 Å². The fraction of sp³-hybridized carbons (Fsp3) is 0.176. The fourth-order valence-electron chi connectivity index (χ4n) is 2.24. The molecule has 0 heterocycles. The quantitative estimate of drug-likeness (QED) is 0.792. The van der Waals surface area contributed by atoms with E-state index in [0.717, 1.165) is 0 Å². The van der Waals surface area contributed by atoms with Gasteiger partial charge in [-0.25, -0.2) is 13.2 Å². The van der Waals surface area contributed by atoms with Crippen molar-refractivity contribution < 1.29 is 22.7 Å². The lowest BCUT2D eigenvalue weighted by molar-refractivity contribution is 0.0600. The Bertz CT molecular complexity index is 922. The van der Waals surface area contributed by atoms with Gasteiger partial charge in [0.15, 0.2) is 0 Å². The third-order valence-corrected chi connectivity index (χ3v) is 5.05. The number of nitrogens with one attached hydrogen (secondary N) is 2. The number of sulfonamides is 1. The SMILES string of the molecule is CNC(=O)c1ccccc1NS(=O)(=O)c1cc(C(=O)OC)ccc1C. The van der Waals surface area contributed by atoms with Crippen molar-refractivity contribution in [2.75, 3.05) is 18.9 Å². The number of aryl methyl sites for hydroxylation is 1. The number of methoxy groups -OCH3 is 1. The predicted molar refractivity (Wildman–Crippen MR) is 93.2 cm³/mol. The molecule has 25 heavy (non-hydrogen) atoms. The molecule has 132 valence electrons. The average molecular weight is 362 g/mol. The first kappa shape index (κ1) is 18.5. The zero-order valence-corrected chi connectivity index (χ0v) is 14.8. The molecule has 0 aliphatic carbocycles. The molecule has 0 aliphatic heterocycles. The Morgan fingerprint density at radius 3 is 2.40 bits per heavy atom. The molecule has 2 aromatic rings. The molecule has 0 unspecified atom stereocenters. The number of ether oxygens (including phenoxy) is 1. The summed E-state index contributed by atoms with van der Waals surface area (Å²) in [5.41, 5.74) is 0.908. The van der Waals surface area contributed by atoms with Crippen LogP contribution in [0.3, 0.4) is 0 Å². The van der Waals surface area contributed by atoms with E-state index >= 15 is 0 Å². The number of hydrogen-bond donors (Lipinski definition) is 2. The fourth-order valence-corrected chi connectivity index (χ4v) is 3.59. The maximum absolute atomic E-state index is 12.8. The van der Waals surface area contributed by atoms with Crippen LogP contribution in [0.2, 0.25) is 0 Å². The molecular weight excluding hydrogens is 344 g/mol. The third-order valence-electron chi connectivity index (χ3n) is 3.54. The molecule has 0 radical (unpaired) electrons. The van der Waals surface area contributed by atoms with Gasteiger partial charge in [0.1, 0.15) is 0 Å². The number of anilines is 1. The van der Waals surface area contributed by atoms with Crippen LogP contribution < -0.4 is 10.0 Å². The Balaban J connectivity index is 2.48. The van der Waals surface area contributed by atoms with E-state index in [0.29, 0.717) is 5.56 Å². The molecule has 2 rings (SSSR count). The van der Waals surface area contributed by atoms with Gasteiger partial charge >= 0.3 is 5.97 Å². The predicted octanol–water partition coefficient (Wildman–Crippen LogP) is 1.94. The summed E-state index contributed by atoms with van der Waals surface area (Å²) in [6, 6.07) is 10.5. The third kappa shape index (κ3) is 3.97. The van der Waals surface area contributed by atoms with Gasteiger partial charge in [-0.1, -0.05) is 18.2 Å². The van der Waals surface area contributed by atoms with Crippen LogP contribution in [0.1, 0.15) is 26.3 Å². The van der Waals surface area contributed by atoms with E-state index in [4.69, 9.17) is 0 Å². The summed E-state index contributed by atoms with van der Waals surface area (Å²) in [5.74, 6) is -1.06. The molecule has 0 spiro atoms. The summed E-state index contributed by atoms with van der Waals surface area (Å²) in [4.78, 5) is 23.5. The Morgan fingerprint density at radius 2 is 1.76 bits per heavy atom. The monoisotopic (exact) mass is 362 g/mol. The number of rotatable bonds is 5. The number of hydrogen-bond acceptors (Lipinski definition) is 5. The lowest BCUT2D eigenvalue weighted by Gasteiger charge is -2.14. The van der Waals surface area contributed by atoms with Crippen molar-refractivity contribution in [2.24, 2.45) is 0 Å². The van der Waals surface area contributed by atoms with Crippen molar-refractivity contribution in [2.45, 2.75) is 11.8 Å². The van der Waals surface area contributed by atoms with E-state index in [1.54, 1.807) is 19.1 Å². The highest BCUT2D eigenvalue weighted by Gasteiger charge is 2.21. The molecule has 0 saturated carbocycles. The molecule has 0 bridgehead atoms. The first-order valence-corrected chi connectivity index (χ1v) is 8.81. The zero-order valence-electron chi connectivity index (χ0n) is 14.0. The van der Waals surface area contributed by atoms with E-state index in [1.165, 1.54) is 44.5 Å². The van der Waals surface area contributed by atoms with Crippen molar-refractivity contribution in [3.63, 3.8) is 0 Å². The van der Waals surface area contributed by atoms with Gasteiger partial charge in [0.25, 0.3) is 15.9 Å². The summed E-state index contributed by atoms with van der Waals surface area (Å²) >= 11 is 0. The highest BCUT2D eigenvalue weighted by atomic mass is 32.2. The Labute approximate surface area is 146 Å².